The maximum Gasteiger partial charge on any atom is 0.267 e. The van der Waals surface area contributed by atoms with Crippen molar-refractivity contribution >= 4 is 17.5 Å². The van der Waals surface area contributed by atoms with Gasteiger partial charge in [-0.3, -0.25) is 9.59 Å². The number of ether oxygens (including phenoxy) is 1. The van der Waals surface area contributed by atoms with E-state index in [-0.39, 0.29) is 17.7 Å². The maximum absolute atomic E-state index is 11.9. The Morgan fingerprint density at radius 3 is 2.86 bits per heavy atom. The Kier molecular flexibility index (Phi) is 3.57. The molecule has 0 radical (unpaired) electrons. The molecule has 2 aliphatic rings. The van der Waals surface area contributed by atoms with Gasteiger partial charge in [-0.15, -0.1) is 0 Å². The molecule has 21 heavy (non-hydrogen) atoms. The van der Waals surface area contributed by atoms with Gasteiger partial charge in [0.05, 0.1) is 5.69 Å². The minimum atomic E-state index is -0.452. The van der Waals surface area contributed by atoms with Gasteiger partial charge < -0.3 is 15.0 Å². The van der Waals surface area contributed by atoms with Crippen molar-refractivity contribution < 1.29 is 14.3 Å². The molecule has 5 heteroatoms. The van der Waals surface area contributed by atoms with Crippen molar-refractivity contribution in [2.24, 2.45) is 5.92 Å². The van der Waals surface area contributed by atoms with Crippen LogP contribution in [0.5, 0.6) is 5.75 Å². The molecule has 1 aromatic rings. The summed E-state index contributed by atoms with van der Waals surface area (Å²) in [4.78, 5) is 25.4. The maximum atomic E-state index is 11.9. The van der Waals surface area contributed by atoms with Crippen molar-refractivity contribution in [2.75, 3.05) is 11.9 Å². The molecule has 1 aliphatic heterocycles. The van der Waals surface area contributed by atoms with Gasteiger partial charge in [-0.25, -0.2) is 0 Å². The van der Waals surface area contributed by atoms with Gasteiger partial charge in [0.2, 0.25) is 5.91 Å². The minimum Gasteiger partial charge on any atom is -0.479 e. The molecule has 5 nitrogen and oxygen atoms in total. The molecular formula is C16H20N2O3. The van der Waals surface area contributed by atoms with Crippen LogP contribution in [0.15, 0.2) is 18.2 Å². The third-order valence-corrected chi connectivity index (χ3v) is 4.31. The highest BCUT2D eigenvalue weighted by Gasteiger charge is 2.29. The van der Waals surface area contributed by atoms with Crippen LogP contribution >= 0.6 is 0 Å². The van der Waals surface area contributed by atoms with E-state index in [9.17, 15) is 9.59 Å². The SMILES string of the molecule is CC1Oc2ccc(CNC(=O)C3CCC3)cc2N(C)C1=O. The van der Waals surface area contributed by atoms with Crippen LogP contribution in [0.25, 0.3) is 0 Å². The van der Waals surface area contributed by atoms with Gasteiger partial charge >= 0.3 is 0 Å². The highest BCUT2D eigenvalue weighted by atomic mass is 16.5. The van der Waals surface area contributed by atoms with Gasteiger partial charge in [-0.05, 0) is 37.5 Å². The zero-order chi connectivity index (χ0) is 15.0. The molecule has 0 saturated heterocycles. The number of nitrogens with zero attached hydrogens (tertiary/aromatic N) is 1. The van der Waals surface area contributed by atoms with Crippen LogP contribution in [-0.2, 0) is 16.1 Å². The lowest BCUT2D eigenvalue weighted by Crippen LogP contribution is -2.42. The van der Waals surface area contributed by atoms with Crippen LogP contribution < -0.4 is 15.0 Å². The van der Waals surface area contributed by atoms with Crippen LogP contribution in [-0.4, -0.2) is 25.0 Å². The number of nitrogens with one attached hydrogen (secondary N) is 1. The molecule has 1 atom stereocenters. The Morgan fingerprint density at radius 1 is 1.43 bits per heavy atom. The summed E-state index contributed by atoms with van der Waals surface area (Å²) in [6, 6.07) is 5.69. The monoisotopic (exact) mass is 288 g/mol. The molecule has 0 bridgehead atoms. The van der Waals surface area contributed by atoms with E-state index < -0.39 is 6.10 Å². The van der Waals surface area contributed by atoms with Crippen molar-refractivity contribution in [1.82, 2.24) is 5.32 Å². The Morgan fingerprint density at radius 2 is 2.19 bits per heavy atom. The summed E-state index contributed by atoms with van der Waals surface area (Å²) in [7, 11) is 1.75. The van der Waals surface area contributed by atoms with Gasteiger partial charge in [0, 0.05) is 19.5 Å². The third kappa shape index (κ3) is 2.60. The van der Waals surface area contributed by atoms with E-state index in [4.69, 9.17) is 4.74 Å². The van der Waals surface area contributed by atoms with Crippen LogP contribution in [0.1, 0.15) is 31.7 Å². The van der Waals surface area contributed by atoms with Crippen LogP contribution in [0.3, 0.4) is 0 Å². The van der Waals surface area contributed by atoms with Gasteiger partial charge in [-0.1, -0.05) is 12.5 Å². The zero-order valence-corrected chi connectivity index (χ0v) is 12.4. The Balaban J connectivity index is 1.70. The summed E-state index contributed by atoms with van der Waals surface area (Å²) in [6.07, 6.45) is 2.70. The number of carbonyl (C=O) groups is 2. The summed E-state index contributed by atoms with van der Waals surface area (Å²) >= 11 is 0. The molecular weight excluding hydrogens is 268 g/mol. The molecule has 3 rings (SSSR count). The number of fused-ring (bicyclic) bond motifs is 1. The molecule has 112 valence electrons. The van der Waals surface area contributed by atoms with Gasteiger partial charge in [0.1, 0.15) is 5.75 Å². The molecule has 2 amide bonds. The summed E-state index contributed by atoms with van der Waals surface area (Å²) < 4.78 is 5.58. The zero-order valence-electron chi connectivity index (χ0n) is 12.4. The summed E-state index contributed by atoms with van der Waals surface area (Å²) in [5.74, 6) is 0.973. The average Bonchev–Trinajstić information content (AvgIpc) is 2.41. The molecule has 1 N–H and O–H groups in total. The van der Waals surface area contributed by atoms with Crippen molar-refractivity contribution in [3.05, 3.63) is 23.8 Å². The van der Waals surface area contributed by atoms with Crippen LogP contribution in [0.4, 0.5) is 5.69 Å². The van der Waals surface area contributed by atoms with E-state index in [1.54, 1.807) is 18.9 Å². The molecule has 0 spiro atoms. The molecule has 1 heterocycles. The first-order valence-electron chi connectivity index (χ1n) is 7.41. The fraction of sp³-hybridized carbons (Fsp3) is 0.500. The van der Waals surface area contributed by atoms with Gasteiger partial charge in [0.25, 0.3) is 5.91 Å². The molecule has 1 aliphatic carbocycles. The van der Waals surface area contributed by atoms with E-state index in [0.717, 1.165) is 30.5 Å². The fourth-order valence-corrected chi connectivity index (χ4v) is 2.67. The van der Waals surface area contributed by atoms with Crippen LogP contribution in [0, 0.1) is 5.92 Å². The fourth-order valence-electron chi connectivity index (χ4n) is 2.67. The first kappa shape index (κ1) is 13.9. The van der Waals surface area contributed by atoms with E-state index in [1.807, 2.05) is 18.2 Å². The summed E-state index contributed by atoms with van der Waals surface area (Å²) in [5, 5.41) is 2.96. The second-order valence-electron chi connectivity index (χ2n) is 5.81. The Labute approximate surface area is 124 Å². The number of amides is 2. The quantitative estimate of drug-likeness (QED) is 0.923. The average molecular weight is 288 g/mol. The van der Waals surface area contributed by atoms with Crippen molar-refractivity contribution in [1.29, 1.82) is 0 Å². The van der Waals surface area contributed by atoms with Crippen molar-refractivity contribution in [3.8, 4) is 5.75 Å². The molecule has 1 saturated carbocycles. The number of rotatable bonds is 3. The molecule has 1 unspecified atom stereocenters. The smallest absolute Gasteiger partial charge is 0.267 e. The lowest BCUT2D eigenvalue weighted by molar-refractivity contribution is -0.127. The number of hydrogen-bond donors (Lipinski definition) is 1. The Bertz CT molecular complexity index is 581. The second-order valence-corrected chi connectivity index (χ2v) is 5.81. The third-order valence-electron chi connectivity index (χ3n) is 4.31. The molecule has 1 fully saturated rings. The topological polar surface area (TPSA) is 58.6 Å². The van der Waals surface area contributed by atoms with E-state index >= 15 is 0 Å². The minimum absolute atomic E-state index is 0.0573. The second kappa shape index (κ2) is 5.39. The van der Waals surface area contributed by atoms with Crippen LogP contribution in [0.2, 0.25) is 0 Å². The number of hydrogen-bond acceptors (Lipinski definition) is 3. The van der Waals surface area contributed by atoms with Crippen molar-refractivity contribution in [3.63, 3.8) is 0 Å². The summed E-state index contributed by atoms with van der Waals surface area (Å²) in [5.41, 5.74) is 1.73. The van der Waals surface area contributed by atoms with Gasteiger partial charge in [-0.2, -0.15) is 0 Å². The number of anilines is 1. The van der Waals surface area contributed by atoms with Gasteiger partial charge in [0.15, 0.2) is 6.10 Å². The predicted octanol–water partition coefficient (Wildman–Crippen LogP) is 1.85. The van der Waals surface area contributed by atoms with E-state index in [0.29, 0.717) is 12.3 Å². The number of likely N-dealkylation sites (N-methyl/N-ethyl adjacent to an activating group) is 1. The highest BCUT2D eigenvalue weighted by molar-refractivity contribution is 5.99. The highest BCUT2D eigenvalue weighted by Crippen LogP contribution is 2.34. The lowest BCUT2D eigenvalue weighted by atomic mass is 9.85. The number of carbonyl (C=O) groups excluding carboxylic acids is 2. The summed E-state index contributed by atoms with van der Waals surface area (Å²) in [6.45, 7) is 2.23. The first-order chi connectivity index (χ1) is 10.1. The standard InChI is InChI=1S/C16H20N2O3/c1-10-16(20)18(2)13-8-11(6-7-14(13)21-10)9-17-15(19)12-4-3-5-12/h6-8,10,12H,3-5,9H2,1-2H3,(H,17,19). The lowest BCUT2D eigenvalue weighted by Gasteiger charge is -2.30. The normalized spacial score (nSPS) is 21.3. The molecule has 0 aromatic heterocycles. The first-order valence-corrected chi connectivity index (χ1v) is 7.41. The molecule has 1 aromatic carbocycles. The van der Waals surface area contributed by atoms with E-state index in [1.165, 1.54) is 0 Å². The van der Waals surface area contributed by atoms with Crippen molar-refractivity contribution in [2.45, 2.75) is 38.8 Å². The Hall–Kier alpha value is -2.04. The number of benzene rings is 1. The van der Waals surface area contributed by atoms with E-state index in [2.05, 4.69) is 5.32 Å². The largest absolute Gasteiger partial charge is 0.479 e. The predicted molar refractivity (Wildman–Crippen MR) is 79.1 cm³/mol.